The summed E-state index contributed by atoms with van der Waals surface area (Å²) in [5, 5.41) is 9.29. The fourth-order valence-electron chi connectivity index (χ4n) is 2.16. The number of nitrogens with zero attached hydrogens (tertiary/aromatic N) is 2. The number of aromatic amines is 1. The molecular weight excluding hydrogens is 346 g/mol. The van der Waals surface area contributed by atoms with E-state index < -0.39 is 17.3 Å². The number of methoxy groups -OCH3 is 2. The van der Waals surface area contributed by atoms with Gasteiger partial charge in [-0.25, -0.2) is 4.98 Å². The van der Waals surface area contributed by atoms with E-state index in [0.29, 0.717) is 11.5 Å². The highest BCUT2D eigenvalue weighted by atomic mass is 32.2. The monoisotopic (exact) mass is 361 g/mol. The Bertz CT molecular complexity index is 932. The van der Waals surface area contributed by atoms with Crippen LogP contribution in [0.25, 0.3) is 10.9 Å². The summed E-state index contributed by atoms with van der Waals surface area (Å²) in [6.07, 6.45) is 0. The van der Waals surface area contributed by atoms with Gasteiger partial charge >= 0.3 is 0 Å². The molecule has 1 N–H and O–H groups in total. The molecule has 0 saturated heterocycles. The Balaban J connectivity index is 2.51. The Morgan fingerprint density at radius 3 is 2.52 bits per heavy atom. The van der Waals surface area contributed by atoms with E-state index >= 15 is 0 Å². The van der Waals surface area contributed by atoms with E-state index in [4.69, 9.17) is 9.47 Å². The van der Waals surface area contributed by atoms with Crippen LogP contribution in [-0.4, -0.2) is 40.8 Å². The number of carbonyl (C=O) groups is 2. The van der Waals surface area contributed by atoms with Crippen LogP contribution in [-0.2, 0) is 9.59 Å². The van der Waals surface area contributed by atoms with Crippen LogP contribution in [0.15, 0.2) is 16.9 Å². The summed E-state index contributed by atoms with van der Waals surface area (Å²) < 4.78 is 10.3. The molecule has 8 nitrogen and oxygen atoms in total. The zero-order chi connectivity index (χ0) is 18.6. The molecule has 130 valence electrons. The first kappa shape index (κ1) is 18.5. The van der Waals surface area contributed by atoms with Gasteiger partial charge in [0.1, 0.15) is 5.82 Å². The molecule has 0 spiro atoms. The quantitative estimate of drug-likeness (QED) is 0.819. The summed E-state index contributed by atoms with van der Waals surface area (Å²) in [4.78, 5) is 42.1. The van der Waals surface area contributed by atoms with Gasteiger partial charge in [-0.15, -0.1) is 0 Å². The van der Waals surface area contributed by atoms with Gasteiger partial charge in [0.05, 0.1) is 36.9 Å². The van der Waals surface area contributed by atoms with E-state index in [9.17, 15) is 19.6 Å². The molecule has 0 saturated carbocycles. The van der Waals surface area contributed by atoms with Gasteiger partial charge < -0.3 is 14.5 Å². The van der Waals surface area contributed by atoms with Crippen LogP contribution in [0.4, 0.5) is 0 Å². The van der Waals surface area contributed by atoms with Crippen LogP contribution in [0.3, 0.4) is 0 Å². The first-order valence-corrected chi connectivity index (χ1v) is 8.11. The molecule has 1 aromatic heterocycles. The minimum absolute atomic E-state index is 0.0682. The Hall–Kier alpha value is -2.86. The number of fused-ring (bicyclic) bond motifs is 1. The SMILES string of the molecule is COc1cc2nc(C(C#N)C(=O)CSC(C)=O)[nH]c(=O)c2cc1OC. The highest BCUT2D eigenvalue weighted by molar-refractivity contribution is 8.14. The first-order valence-electron chi connectivity index (χ1n) is 7.13. The second-order valence-corrected chi connectivity index (χ2v) is 6.14. The number of H-pyrrole nitrogens is 1. The zero-order valence-electron chi connectivity index (χ0n) is 13.8. The van der Waals surface area contributed by atoms with Crippen LogP contribution in [0.1, 0.15) is 18.7 Å². The molecule has 1 atom stereocenters. The number of aromatic nitrogens is 2. The number of thioether (sulfide) groups is 1. The van der Waals surface area contributed by atoms with Crippen LogP contribution < -0.4 is 15.0 Å². The number of nitriles is 1. The Kier molecular flexibility index (Phi) is 5.77. The van der Waals surface area contributed by atoms with Gasteiger partial charge in [-0.2, -0.15) is 5.26 Å². The van der Waals surface area contributed by atoms with Gasteiger partial charge in [0.25, 0.3) is 5.56 Å². The molecule has 1 aromatic carbocycles. The highest BCUT2D eigenvalue weighted by Gasteiger charge is 2.24. The molecule has 0 aliphatic carbocycles. The molecule has 1 unspecified atom stereocenters. The lowest BCUT2D eigenvalue weighted by atomic mass is 10.1. The van der Waals surface area contributed by atoms with Crippen LogP contribution in [0.2, 0.25) is 0 Å². The molecule has 1 heterocycles. The van der Waals surface area contributed by atoms with Crippen molar-refractivity contribution in [2.45, 2.75) is 12.8 Å². The summed E-state index contributed by atoms with van der Waals surface area (Å²) in [5.41, 5.74) is -0.239. The summed E-state index contributed by atoms with van der Waals surface area (Å²) in [5.74, 6) is -1.28. The topological polar surface area (TPSA) is 122 Å². The van der Waals surface area contributed by atoms with E-state index in [0.717, 1.165) is 11.8 Å². The number of benzene rings is 1. The maximum Gasteiger partial charge on any atom is 0.258 e. The number of ether oxygens (including phenoxy) is 2. The van der Waals surface area contributed by atoms with Crippen molar-refractivity contribution >= 4 is 33.6 Å². The summed E-state index contributed by atoms with van der Waals surface area (Å²) in [6, 6.07) is 4.79. The van der Waals surface area contributed by atoms with Gasteiger partial charge in [0.15, 0.2) is 28.3 Å². The number of nitrogens with one attached hydrogen (secondary N) is 1. The van der Waals surface area contributed by atoms with Crippen molar-refractivity contribution in [3.8, 4) is 17.6 Å². The van der Waals surface area contributed by atoms with Crippen molar-refractivity contribution in [2.24, 2.45) is 0 Å². The zero-order valence-corrected chi connectivity index (χ0v) is 14.6. The molecule has 0 fully saturated rings. The number of ketones is 1. The van der Waals surface area contributed by atoms with Gasteiger partial charge in [-0.05, 0) is 6.07 Å². The molecule has 0 aliphatic heterocycles. The van der Waals surface area contributed by atoms with E-state index in [2.05, 4.69) is 9.97 Å². The van der Waals surface area contributed by atoms with Gasteiger partial charge in [0, 0.05) is 13.0 Å². The Morgan fingerprint density at radius 2 is 1.96 bits per heavy atom. The second-order valence-electron chi connectivity index (χ2n) is 4.98. The van der Waals surface area contributed by atoms with Crippen LogP contribution in [0, 0.1) is 11.3 Å². The van der Waals surface area contributed by atoms with E-state index in [-0.39, 0.29) is 27.6 Å². The number of Topliss-reactive ketones (excluding diaryl/α,β-unsaturated/α-hetero) is 1. The van der Waals surface area contributed by atoms with Gasteiger partial charge in [-0.1, -0.05) is 11.8 Å². The van der Waals surface area contributed by atoms with E-state index in [1.165, 1.54) is 33.3 Å². The van der Waals surface area contributed by atoms with E-state index in [1.54, 1.807) is 0 Å². The highest BCUT2D eigenvalue weighted by Crippen LogP contribution is 2.30. The van der Waals surface area contributed by atoms with Crippen molar-refractivity contribution in [1.82, 2.24) is 9.97 Å². The fraction of sp³-hybridized carbons (Fsp3) is 0.312. The molecule has 9 heteroatoms. The maximum absolute atomic E-state index is 12.3. The minimum atomic E-state index is -1.27. The molecule has 2 aromatic rings. The Morgan fingerprint density at radius 1 is 1.32 bits per heavy atom. The van der Waals surface area contributed by atoms with Crippen molar-refractivity contribution < 1.29 is 19.1 Å². The summed E-state index contributed by atoms with van der Waals surface area (Å²) in [7, 11) is 2.88. The predicted octanol–water partition coefficient (Wildman–Crippen LogP) is 1.40. The molecule has 0 radical (unpaired) electrons. The summed E-state index contributed by atoms with van der Waals surface area (Å²) >= 11 is 0.801. The Labute approximate surface area is 147 Å². The number of hydrogen-bond acceptors (Lipinski definition) is 8. The number of carbonyl (C=O) groups excluding carboxylic acids is 2. The molecular formula is C16H15N3O5S. The average molecular weight is 361 g/mol. The van der Waals surface area contributed by atoms with Crippen molar-refractivity contribution in [1.29, 1.82) is 5.26 Å². The van der Waals surface area contributed by atoms with Crippen molar-refractivity contribution in [2.75, 3.05) is 20.0 Å². The molecule has 25 heavy (non-hydrogen) atoms. The molecule has 0 bridgehead atoms. The third kappa shape index (κ3) is 3.97. The smallest absolute Gasteiger partial charge is 0.258 e. The van der Waals surface area contributed by atoms with Gasteiger partial charge in [-0.3, -0.25) is 14.4 Å². The fourth-order valence-corrected chi connectivity index (χ4v) is 2.67. The van der Waals surface area contributed by atoms with Crippen LogP contribution >= 0.6 is 11.8 Å². The second kappa shape index (κ2) is 7.81. The lowest BCUT2D eigenvalue weighted by Crippen LogP contribution is -2.21. The third-order valence-corrected chi connectivity index (χ3v) is 4.21. The third-order valence-electron chi connectivity index (χ3n) is 3.37. The lowest BCUT2D eigenvalue weighted by molar-refractivity contribution is -0.117. The lowest BCUT2D eigenvalue weighted by Gasteiger charge is -2.11. The number of hydrogen-bond donors (Lipinski definition) is 1. The first-order chi connectivity index (χ1) is 11.9. The standard InChI is InChI=1S/C16H15N3O5S/c1-8(20)25-7-12(21)10(6-17)15-18-11-5-14(24-3)13(23-2)4-9(11)16(22)19-15/h4-5,10H,7H2,1-3H3,(H,18,19,22). The molecule has 2 rings (SSSR count). The van der Waals surface area contributed by atoms with Gasteiger partial charge in [0.2, 0.25) is 0 Å². The molecule has 0 aliphatic rings. The number of rotatable bonds is 6. The normalized spacial score (nSPS) is 11.6. The molecule has 0 amide bonds. The van der Waals surface area contributed by atoms with Crippen LogP contribution in [0.5, 0.6) is 11.5 Å². The van der Waals surface area contributed by atoms with E-state index in [1.807, 2.05) is 6.07 Å². The predicted molar refractivity (Wildman–Crippen MR) is 92.0 cm³/mol. The maximum atomic E-state index is 12.3. The van der Waals surface area contributed by atoms with Crippen molar-refractivity contribution in [3.05, 3.63) is 28.3 Å². The van der Waals surface area contributed by atoms with Crippen molar-refractivity contribution in [3.63, 3.8) is 0 Å². The minimum Gasteiger partial charge on any atom is -0.493 e. The summed E-state index contributed by atoms with van der Waals surface area (Å²) in [6.45, 7) is 1.33. The average Bonchev–Trinajstić information content (AvgIpc) is 2.59. The largest absolute Gasteiger partial charge is 0.493 e.